The van der Waals surface area contributed by atoms with Gasteiger partial charge in [0.1, 0.15) is 12.4 Å². The number of aryl methyl sites for hydroxylation is 3. The molecule has 0 aliphatic carbocycles. The number of nitrogens with one attached hydrogen (secondary N) is 1. The van der Waals surface area contributed by atoms with E-state index in [0.717, 1.165) is 23.3 Å². The van der Waals surface area contributed by atoms with E-state index in [-0.39, 0.29) is 5.91 Å². The lowest BCUT2D eigenvalue weighted by Crippen LogP contribution is -2.28. The fraction of sp³-hybridized carbons (Fsp3) is 0.316. The van der Waals surface area contributed by atoms with Gasteiger partial charge in [0.2, 0.25) is 5.91 Å². The first-order chi connectivity index (χ1) is 10.7. The van der Waals surface area contributed by atoms with E-state index in [2.05, 4.69) is 5.32 Å². The van der Waals surface area contributed by atoms with Gasteiger partial charge in [-0.25, -0.2) is 0 Å². The van der Waals surface area contributed by atoms with Crippen LogP contribution in [-0.2, 0) is 11.2 Å². The normalized spacial score (nSPS) is 10.3. The van der Waals surface area contributed by atoms with Crippen LogP contribution in [0.5, 0.6) is 5.75 Å². The molecule has 1 amide bonds. The molecular weight excluding hydrogens is 274 g/mol. The molecule has 0 saturated carbocycles. The van der Waals surface area contributed by atoms with Crippen LogP contribution >= 0.6 is 0 Å². The Bertz CT molecular complexity index is 588. The highest BCUT2D eigenvalue weighted by molar-refractivity contribution is 5.76. The van der Waals surface area contributed by atoms with Crippen molar-refractivity contribution >= 4 is 5.91 Å². The zero-order valence-electron chi connectivity index (χ0n) is 13.3. The van der Waals surface area contributed by atoms with Gasteiger partial charge in [-0.1, -0.05) is 48.5 Å². The monoisotopic (exact) mass is 297 g/mol. The van der Waals surface area contributed by atoms with Crippen molar-refractivity contribution < 1.29 is 9.53 Å². The number of hydrogen-bond acceptors (Lipinski definition) is 2. The van der Waals surface area contributed by atoms with E-state index in [4.69, 9.17) is 4.74 Å². The van der Waals surface area contributed by atoms with Crippen molar-refractivity contribution in [2.75, 3.05) is 13.2 Å². The third-order valence-electron chi connectivity index (χ3n) is 3.56. The number of hydrogen-bond donors (Lipinski definition) is 1. The van der Waals surface area contributed by atoms with Crippen LogP contribution in [-0.4, -0.2) is 19.1 Å². The summed E-state index contributed by atoms with van der Waals surface area (Å²) in [7, 11) is 0. The molecule has 0 radical (unpaired) electrons. The first-order valence-corrected chi connectivity index (χ1v) is 7.66. The molecular formula is C19H23NO2. The summed E-state index contributed by atoms with van der Waals surface area (Å²) < 4.78 is 5.77. The maximum Gasteiger partial charge on any atom is 0.220 e. The van der Waals surface area contributed by atoms with Crippen molar-refractivity contribution in [2.24, 2.45) is 0 Å². The van der Waals surface area contributed by atoms with Gasteiger partial charge < -0.3 is 10.1 Å². The van der Waals surface area contributed by atoms with Gasteiger partial charge in [0.15, 0.2) is 0 Å². The molecule has 116 valence electrons. The molecule has 0 heterocycles. The molecule has 0 aliphatic heterocycles. The SMILES string of the molecule is Cc1cccc(C)c1OCCNC(=O)CCc1ccccc1. The van der Waals surface area contributed by atoms with Crippen molar-refractivity contribution in [2.45, 2.75) is 26.7 Å². The fourth-order valence-corrected chi connectivity index (χ4v) is 2.36. The van der Waals surface area contributed by atoms with Crippen molar-refractivity contribution in [1.82, 2.24) is 5.32 Å². The molecule has 0 saturated heterocycles. The second-order valence-electron chi connectivity index (χ2n) is 5.40. The Kier molecular flexibility index (Phi) is 6.01. The highest BCUT2D eigenvalue weighted by atomic mass is 16.5. The minimum absolute atomic E-state index is 0.0639. The number of ether oxygens (including phenoxy) is 1. The summed E-state index contributed by atoms with van der Waals surface area (Å²) in [6, 6.07) is 16.1. The maximum atomic E-state index is 11.8. The van der Waals surface area contributed by atoms with Gasteiger partial charge in [-0.2, -0.15) is 0 Å². The Hall–Kier alpha value is -2.29. The standard InChI is InChI=1S/C19H23NO2/c1-15-7-6-8-16(2)19(15)22-14-13-20-18(21)12-11-17-9-4-3-5-10-17/h3-10H,11-14H2,1-2H3,(H,20,21). The molecule has 0 bridgehead atoms. The molecule has 0 aromatic heterocycles. The van der Waals surface area contributed by atoms with Gasteiger partial charge in [-0.05, 0) is 37.0 Å². The van der Waals surface area contributed by atoms with E-state index in [1.54, 1.807) is 0 Å². The Balaban J connectivity index is 1.67. The summed E-state index contributed by atoms with van der Waals surface area (Å²) in [6.07, 6.45) is 1.28. The number of benzene rings is 2. The molecule has 3 heteroatoms. The minimum atomic E-state index is 0.0639. The van der Waals surface area contributed by atoms with Gasteiger partial charge >= 0.3 is 0 Å². The first-order valence-electron chi connectivity index (χ1n) is 7.66. The fourth-order valence-electron chi connectivity index (χ4n) is 2.36. The molecule has 2 aromatic carbocycles. The minimum Gasteiger partial charge on any atom is -0.491 e. The second kappa shape index (κ2) is 8.23. The molecule has 0 fully saturated rings. The smallest absolute Gasteiger partial charge is 0.220 e. The maximum absolute atomic E-state index is 11.8. The summed E-state index contributed by atoms with van der Waals surface area (Å²) in [5.74, 6) is 0.981. The van der Waals surface area contributed by atoms with Crippen LogP contribution in [0.4, 0.5) is 0 Å². The molecule has 0 atom stereocenters. The van der Waals surface area contributed by atoms with E-state index in [1.807, 2.05) is 62.4 Å². The van der Waals surface area contributed by atoms with E-state index in [1.165, 1.54) is 5.56 Å². The van der Waals surface area contributed by atoms with Gasteiger partial charge in [0.25, 0.3) is 0 Å². The Morgan fingerprint density at radius 3 is 2.36 bits per heavy atom. The van der Waals surface area contributed by atoms with E-state index in [9.17, 15) is 4.79 Å². The lowest BCUT2D eigenvalue weighted by Gasteiger charge is -2.12. The van der Waals surface area contributed by atoms with Crippen LogP contribution in [0.2, 0.25) is 0 Å². The summed E-state index contributed by atoms with van der Waals surface area (Å²) in [5.41, 5.74) is 3.43. The third-order valence-corrected chi connectivity index (χ3v) is 3.56. The van der Waals surface area contributed by atoms with Crippen LogP contribution in [0.25, 0.3) is 0 Å². The van der Waals surface area contributed by atoms with Crippen LogP contribution in [0.1, 0.15) is 23.1 Å². The number of amides is 1. The molecule has 2 rings (SSSR count). The lowest BCUT2D eigenvalue weighted by atomic mass is 10.1. The van der Waals surface area contributed by atoms with E-state index < -0.39 is 0 Å². The first kappa shape index (κ1) is 16.1. The van der Waals surface area contributed by atoms with Crippen LogP contribution < -0.4 is 10.1 Å². The Morgan fingerprint density at radius 2 is 1.68 bits per heavy atom. The quantitative estimate of drug-likeness (QED) is 0.795. The molecule has 1 N–H and O–H groups in total. The zero-order chi connectivity index (χ0) is 15.8. The molecule has 3 nitrogen and oxygen atoms in total. The molecule has 2 aromatic rings. The van der Waals surface area contributed by atoms with E-state index >= 15 is 0 Å². The summed E-state index contributed by atoms with van der Waals surface area (Å²) in [6.45, 7) is 5.08. The van der Waals surface area contributed by atoms with Crippen LogP contribution in [0.15, 0.2) is 48.5 Å². The summed E-state index contributed by atoms with van der Waals surface area (Å²) in [4.78, 5) is 11.8. The number of para-hydroxylation sites is 1. The van der Waals surface area contributed by atoms with Crippen LogP contribution in [0.3, 0.4) is 0 Å². The number of rotatable bonds is 7. The summed E-state index contributed by atoms with van der Waals surface area (Å²) in [5, 5.41) is 2.90. The van der Waals surface area contributed by atoms with Crippen molar-refractivity contribution in [3.8, 4) is 5.75 Å². The molecule has 0 unspecified atom stereocenters. The molecule has 0 spiro atoms. The van der Waals surface area contributed by atoms with Gasteiger partial charge in [-0.15, -0.1) is 0 Å². The van der Waals surface area contributed by atoms with Gasteiger partial charge in [0, 0.05) is 6.42 Å². The van der Waals surface area contributed by atoms with Crippen molar-refractivity contribution in [1.29, 1.82) is 0 Å². The van der Waals surface area contributed by atoms with E-state index in [0.29, 0.717) is 19.6 Å². The zero-order valence-corrected chi connectivity index (χ0v) is 13.3. The predicted molar refractivity (Wildman–Crippen MR) is 89.2 cm³/mol. The van der Waals surface area contributed by atoms with Crippen molar-refractivity contribution in [3.05, 3.63) is 65.2 Å². The number of carbonyl (C=O) groups excluding carboxylic acids is 1. The second-order valence-corrected chi connectivity index (χ2v) is 5.40. The van der Waals surface area contributed by atoms with Gasteiger partial charge in [0.05, 0.1) is 6.54 Å². The molecule has 22 heavy (non-hydrogen) atoms. The highest BCUT2D eigenvalue weighted by Crippen LogP contribution is 2.21. The highest BCUT2D eigenvalue weighted by Gasteiger charge is 2.04. The molecule has 0 aliphatic rings. The number of carbonyl (C=O) groups is 1. The van der Waals surface area contributed by atoms with Crippen LogP contribution in [0, 0.1) is 13.8 Å². The average molecular weight is 297 g/mol. The van der Waals surface area contributed by atoms with Crippen molar-refractivity contribution in [3.63, 3.8) is 0 Å². The third kappa shape index (κ3) is 4.92. The summed E-state index contributed by atoms with van der Waals surface area (Å²) >= 11 is 0. The lowest BCUT2D eigenvalue weighted by molar-refractivity contribution is -0.121. The Labute approximate surface area is 132 Å². The van der Waals surface area contributed by atoms with Gasteiger partial charge in [-0.3, -0.25) is 4.79 Å². The predicted octanol–water partition coefficient (Wildman–Crippen LogP) is 3.43. The topological polar surface area (TPSA) is 38.3 Å². The Morgan fingerprint density at radius 1 is 1.00 bits per heavy atom. The largest absolute Gasteiger partial charge is 0.491 e. The average Bonchev–Trinajstić information content (AvgIpc) is 2.53.